The number of likely N-dealkylation sites (N-methyl/N-ethyl adjacent to an activating group) is 1. The first-order valence-electron chi connectivity index (χ1n) is 6.63. The van der Waals surface area contributed by atoms with E-state index in [1.54, 1.807) is 26.1 Å². The van der Waals surface area contributed by atoms with Crippen LogP contribution in [0, 0.1) is 0 Å². The van der Waals surface area contributed by atoms with E-state index in [0.29, 0.717) is 22.0 Å². The van der Waals surface area contributed by atoms with Crippen LogP contribution in [0.2, 0.25) is 10.0 Å². The number of halogens is 2. The standard InChI is InChI=1S/C14H17Cl2NO3S/c1-9(17(2)11-5-6-21(19,20)8-11)14(18)12-4-3-10(15)7-13(12)16/h3-4,7,9,11H,5-6,8H2,1-2H3. The van der Waals surface area contributed by atoms with E-state index in [9.17, 15) is 13.2 Å². The van der Waals surface area contributed by atoms with Crippen LogP contribution in [0.4, 0.5) is 0 Å². The lowest BCUT2D eigenvalue weighted by Crippen LogP contribution is -2.43. The van der Waals surface area contributed by atoms with Gasteiger partial charge in [-0.15, -0.1) is 0 Å². The van der Waals surface area contributed by atoms with Crippen molar-refractivity contribution in [1.29, 1.82) is 0 Å². The van der Waals surface area contributed by atoms with E-state index < -0.39 is 15.9 Å². The number of rotatable bonds is 4. The zero-order valence-corrected chi connectivity index (χ0v) is 14.2. The Balaban J connectivity index is 2.15. The number of sulfone groups is 1. The number of carbonyl (C=O) groups is 1. The zero-order chi connectivity index (χ0) is 15.8. The Labute approximate surface area is 134 Å². The van der Waals surface area contributed by atoms with Crippen LogP contribution in [0.15, 0.2) is 18.2 Å². The van der Waals surface area contributed by atoms with Crippen molar-refractivity contribution < 1.29 is 13.2 Å². The van der Waals surface area contributed by atoms with E-state index in [-0.39, 0.29) is 23.3 Å². The van der Waals surface area contributed by atoms with Gasteiger partial charge in [-0.2, -0.15) is 0 Å². The van der Waals surface area contributed by atoms with E-state index in [0.717, 1.165) is 0 Å². The molecule has 0 bridgehead atoms. The minimum Gasteiger partial charge on any atom is -0.293 e. The second-order valence-corrected chi connectivity index (χ2v) is 8.46. The highest BCUT2D eigenvalue weighted by molar-refractivity contribution is 7.91. The fraction of sp³-hybridized carbons (Fsp3) is 0.500. The second-order valence-electron chi connectivity index (χ2n) is 5.39. The molecule has 116 valence electrons. The zero-order valence-electron chi connectivity index (χ0n) is 11.8. The van der Waals surface area contributed by atoms with Crippen molar-refractivity contribution in [3.05, 3.63) is 33.8 Å². The van der Waals surface area contributed by atoms with E-state index in [1.165, 1.54) is 6.07 Å². The Morgan fingerprint density at radius 3 is 2.57 bits per heavy atom. The molecule has 0 spiro atoms. The van der Waals surface area contributed by atoms with Crippen LogP contribution >= 0.6 is 23.2 Å². The van der Waals surface area contributed by atoms with Gasteiger partial charge in [-0.05, 0) is 38.6 Å². The van der Waals surface area contributed by atoms with E-state index in [2.05, 4.69) is 0 Å². The van der Waals surface area contributed by atoms with Gasteiger partial charge < -0.3 is 0 Å². The van der Waals surface area contributed by atoms with E-state index >= 15 is 0 Å². The third kappa shape index (κ3) is 3.77. The second kappa shape index (κ2) is 6.24. The van der Waals surface area contributed by atoms with Crippen LogP contribution < -0.4 is 0 Å². The predicted molar refractivity (Wildman–Crippen MR) is 85.1 cm³/mol. The molecular weight excluding hydrogens is 333 g/mol. The van der Waals surface area contributed by atoms with Crippen molar-refractivity contribution in [2.45, 2.75) is 25.4 Å². The first-order chi connectivity index (χ1) is 9.71. The molecule has 1 aliphatic heterocycles. The first kappa shape index (κ1) is 16.7. The molecule has 1 fully saturated rings. The van der Waals surface area contributed by atoms with Gasteiger partial charge in [0.25, 0.3) is 0 Å². The van der Waals surface area contributed by atoms with Crippen LogP contribution in [-0.2, 0) is 9.84 Å². The maximum absolute atomic E-state index is 12.5. The molecule has 0 radical (unpaired) electrons. The quantitative estimate of drug-likeness (QED) is 0.784. The minimum absolute atomic E-state index is 0.107. The summed E-state index contributed by atoms with van der Waals surface area (Å²) in [5.41, 5.74) is 0.404. The molecule has 0 amide bonds. The predicted octanol–water partition coefficient (Wildman–Crippen LogP) is 2.68. The van der Waals surface area contributed by atoms with Crippen LogP contribution in [-0.4, -0.2) is 49.7 Å². The highest BCUT2D eigenvalue weighted by Crippen LogP contribution is 2.25. The minimum atomic E-state index is -2.97. The Morgan fingerprint density at radius 2 is 2.05 bits per heavy atom. The molecule has 0 aliphatic carbocycles. The van der Waals surface area contributed by atoms with Gasteiger partial charge in [-0.25, -0.2) is 8.42 Å². The lowest BCUT2D eigenvalue weighted by Gasteiger charge is -2.29. The summed E-state index contributed by atoms with van der Waals surface area (Å²) in [6.45, 7) is 1.76. The van der Waals surface area contributed by atoms with Gasteiger partial charge in [-0.1, -0.05) is 23.2 Å². The smallest absolute Gasteiger partial charge is 0.181 e. The number of hydrogen-bond acceptors (Lipinski definition) is 4. The molecule has 1 saturated heterocycles. The Bertz CT molecular complexity index is 660. The summed E-state index contributed by atoms with van der Waals surface area (Å²) in [6, 6.07) is 4.18. The van der Waals surface area contributed by atoms with Crippen molar-refractivity contribution in [1.82, 2.24) is 4.90 Å². The van der Waals surface area contributed by atoms with Gasteiger partial charge in [0.15, 0.2) is 15.6 Å². The van der Waals surface area contributed by atoms with E-state index in [1.807, 2.05) is 4.90 Å². The number of benzene rings is 1. The molecule has 4 nitrogen and oxygen atoms in total. The summed E-state index contributed by atoms with van der Waals surface area (Å²) in [4.78, 5) is 14.3. The topological polar surface area (TPSA) is 54.5 Å². The van der Waals surface area contributed by atoms with E-state index in [4.69, 9.17) is 23.2 Å². The van der Waals surface area contributed by atoms with Crippen LogP contribution in [0.3, 0.4) is 0 Å². The molecule has 21 heavy (non-hydrogen) atoms. The molecule has 7 heteroatoms. The summed E-state index contributed by atoms with van der Waals surface area (Å²) in [7, 11) is -1.20. The number of hydrogen-bond donors (Lipinski definition) is 0. The average molecular weight is 350 g/mol. The summed E-state index contributed by atoms with van der Waals surface area (Å²) in [6.07, 6.45) is 0.560. The van der Waals surface area contributed by atoms with Crippen molar-refractivity contribution >= 4 is 38.8 Å². The maximum Gasteiger partial charge on any atom is 0.181 e. The monoisotopic (exact) mass is 349 g/mol. The molecule has 2 rings (SSSR count). The highest BCUT2D eigenvalue weighted by Gasteiger charge is 2.34. The molecule has 0 saturated carbocycles. The van der Waals surface area contributed by atoms with Gasteiger partial charge in [0.2, 0.25) is 0 Å². The maximum atomic E-state index is 12.5. The highest BCUT2D eigenvalue weighted by atomic mass is 35.5. The number of ketones is 1. The summed E-state index contributed by atoms with van der Waals surface area (Å²) in [5, 5.41) is 0.784. The van der Waals surface area contributed by atoms with Crippen LogP contribution in [0.5, 0.6) is 0 Å². The number of nitrogens with zero attached hydrogens (tertiary/aromatic N) is 1. The van der Waals surface area contributed by atoms with Crippen LogP contribution in [0.1, 0.15) is 23.7 Å². The third-order valence-electron chi connectivity index (χ3n) is 3.97. The van der Waals surface area contributed by atoms with Gasteiger partial charge in [-0.3, -0.25) is 9.69 Å². The van der Waals surface area contributed by atoms with Gasteiger partial charge >= 0.3 is 0 Å². The normalized spacial score (nSPS) is 22.4. The lowest BCUT2D eigenvalue weighted by atomic mass is 10.0. The molecule has 2 unspecified atom stereocenters. The Kier molecular flexibility index (Phi) is 4.98. The molecule has 0 aromatic heterocycles. The van der Waals surface area contributed by atoms with Crippen molar-refractivity contribution in [2.75, 3.05) is 18.6 Å². The third-order valence-corrected chi connectivity index (χ3v) is 6.27. The fourth-order valence-corrected chi connectivity index (χ4v) is 4.80. The number of Topliss-reactive ketones (excluding diaryl/α,β-unsaturated/α-hetero) is 1. The number of carbonyl (C=O) groups excluding carboxylic acids is 1. The van der Waals surface area contributed by atoms with Crippen molar-refractivity contribution in [3.63, 3.8) is 0 Å². The van der Waals surface area contributed by atoms with Crippen molar-refractivity contribution in [2.24, 2.45) is 0 Å². The van der Waals surface area contributed by atoms with Crippen molar-refractivity contribution in [3.8, 4) is 0 Å². The first-order valence-corrected chi connectivity index (χ1v) is 9.20. The summed E-state index contributed by atoms with van der Waals surface area (Å²) < 4.78 is 23.1. The van der Waals surface area contributed by atoms with Gasteiger partial charge in [0.05, 0.1) is 22.6 Å². The fourth-order valence-electron chi connectivity index (χ4n) is 2.51. The molecular formula is C14H17Cl2NO3S. The average Bonchev–Trinajstić information content (AvgIpc) is 2.76. The Hall–Kier alpha value is -0.620. The largest absolute Gasteiger partial charge is 0.293 e. The summed E-state index contributed by atoms with van der Waals surface area (Å²) in [5.74, 6) is 0.156. The molecule has 0 N–H and O–H groups in total. The molecule has 2 atom stereocenters. The van der Waals surface area contributed by atoms with Crippen LogP contribution in [0.25, 0.3) is 0 Å². The van der Waals surface area contributed by atoms with Gasteiger partial charge in [0, 0.05) is 16.6 Å². The van der Waals surface area contributed by atoms with Gasteiger partial charge in [0.1, 0.15) is 0 Å². The molecule has 1 heterocycles. The molecule has 1 aliphatic rings. The molecule has 1 aromatic carbocycles. The Morgan fingerprint density at radius 1 is 1.38 bits per heavy atom. The SMILES string of the molecule is CC(C(=O)c1ccc(Cl)cc1Cl)N(C)C1CCS(=O)(=O)C1. The summed E-state index contributed by atoms with van der Waals surface area (Å²) >= 11 is 11.9. The lowest BCUT2D eigenvalue weighted by molar-refractivity contribution is 0.0830. The molecule has 1 aromatic rings.